The number of piperazine rings is 1. The normalized spacial score (nSPS) is 15.7. The number of nitrogens with two attached hydrogens (primary N) is 1. The second-order valence-electron chi connectivity index (χ2n) is 10.8. The summed E-state index contributed by atoms with van der Waals surface area (Å²) in [6, 6.07) is 6.71. The van der Waals surface area contributed by atoms with Crippen LogP contribution in [0.3, 0.4) is 0 Å². The fourth-order valence-corrected chi connectivity index (χ4v) is 6.90. The van der Waals surface area contributed by atoms with Crippen LogP contribution in [0.1, 0.15) is 26.5 Å². The summed E-state index contributed by atoms with van der Waals surface area (Å²) < 4.78 is 43.2. The molecule has 3 aromatic heterocycles. The van der Waals surface area contributed by atoms with Gasteiger partial charge in [-0.05, 0) is 58.0 Å². The van der Waals surface area contributed by atoms with Crippen LogP contribution in [-0.4, -0.2) is 69.7 Å². The number of pyridine rings is 2. The first-order valence-corrected chi connectivity index (χ1v) is 15.8. The van der Waals surface area contributed by atoms with E-state index in [1.807, 2.05) is 11.8 Å². The zero-order chi connectivity index (χ0) is 32.1. The lowest BCUT2D eigenvalue weighted by molar-refractivity contribution is -0.126. The molecule has 2 N–H and O–H groups in total. The summed E-state index contributed by atoms with van der Waals surface area (Å²) in [5, 5.41) is -0.475. The first kappa shape index (κ1) is 31.1. The minimum atomic E-state index is -3.92. The Morgan fingerprint density at radius 2 is 1.95 bits per heavy atom. The number of hydrogen-bond donors (Lipinski definition) is 1. The molecule has 0 saturated carbocycles. The Kier molecular flexibility index (Phi) is 8.21. The number of nitrogen functional groups attached to an aromatic ring is 1. The second-order valence-corrected chi connectivity index (χ2v) is 13.7. The van der Waals surface area contributed by atoms with Crippen LogP contribution in [0.2, 0.25) is 5.02 Å². The molecule has 5 rings (SSSR count). The molecule has 4 heterocycles. The highest BCUT2D eigenvalue weighted by Gasteiger charge is 2.32. The molecule has 0 unspecified atom stereocenters. The third kappa shape index (κ3) is 5.19. The Morgan fingerprint density at radius 1 is 1.23 bits per heavy atom. The van der Waals surface area contributed by atoms with Crippen molar-refractivity contribution in [2.45, 2.75) is 43.9 Å². The Labute approximate surface area is 258 Å². The molecule has 1 amide bonds. The predicted molar refractivity (Wildman–Crippen MR) is 168 cm³/mol. The van der Waals surface area contributed by atoms with Crippen LogP contribution < -0.4 is 16.3 Å². The minimum Gasteiger partial charge on any atom is -0.398 e. The number of fused-ring (bicyclic) bond motifs is 1. The van der Waals surface area contributed by atoms with Gasteiger partial charge in [0.25, 0.3) is 0 Å². The van der Waals surface area contributed by atoms with Gasteiger partial charge in [0, 0.05) is 37.6 Å². The number of halogens is 2. The SMILES string of the molecule is C=CC(=O)N1CCN(c2nc(=O)n(-c3c(S(=O)(=O)C(C)C)ccnc3C)c3nc(-c4c(N)cccc4F)c(Cl)cc23)[C@@H](C)C1. The van der Waals surface area contributed by atoms with Crippen molar-refractivity contribution < 1.29 is 17.6 Å². The Bertz CT molecular complexity index is 1980. The molecule has 14 heteroatoms. The summed E-state index contributed by atoms with van der Waals surface area (Å²) in [6.45, 7) is 11.1. The van der Waals surface area contributed by atoms with Gasteiger partial charge in [-0.1, -0.05) is 24.2 Å². The van der Waals surface area contributed by atoms with Crippen molar-refractivity contribution in [2.75, 3.05) is 30.3 Å². The van der Waals surface area contributed by atoms with Crippen molar-refractivity contribution in [3.63, 3.8) is 0 Å². The number of nitrogens with zero attached hydrogens (tertiary/aromatic N) is 6. The van der Waals surface area contributed by atoms with Crippen LogP contribution in [0.5, 0.6) is 0 Å². The summed E-state index contributed by atoms with van der Waals surface area (Å²) in [6.07, 6.45) is 2.60. The first-order chi connectivity index (χ1) is 20.8. The molecule has 0 radical (unpaired) electrons. The summed E-state index contributed by atoms with van der Waals surface area (Å²) in [4.78, 5) is 43.1. The molecule has 1 aliphatic rings. The van der Waals surface area contributed by atoms with Crippen LogP contribution in [0, 0.1) is 12.7 Å². The van der Waals surface area contributed by atoms with Gasteiger partial charge in [0.1, 0.15) is 11.6 Å². The smallest absolute Gasteiger partial charge is 0.355 e. The number of carbonyl (C=O) groups excluding carboxylic acids is 1. The van der Waals surface area contributed by atoms with Crippen LogP contribution in [-0.2, 0) is 14.6 Å². The Hall–Kier alpha value is -4.36. The van der Waals surface area contributed by atoms with Gasteiger partial charge in [0.15, 0.2) is 15.5 Å². The highest BCUT2D eigenvalue weighted by atomic mass is 35.5. The monoisotopic (exact) mass is 639 g/mol. The molecule has 1 saturated heterocycles. The maximum absolute atomic E-state index is 15.1. The number of hydrogen-bond acceptors (Lipinski definition) is 9. The quantitative estimate of drug-likeness (QED) is 0.245. The van der Waals surface area contributed by atoms with Gasteiger partial charge >= 0.3 is 5.69 Å². The number of aromatic nitrogens is 4. The fraction of sp³-hybridized carbons (Fsp3) is 0.300. The van der Waals surface area contributed by atoms with Gasteiger partial charge in [-0.15, -0.1) is 0 Å². The lowest BCUT2D eigenvalue weighted by atomic mass is 10.1. The largest absolute Gasteiger partial charge is 0.398 e. The summed E-state index contributed by atoms with van der Waals surface area (Å²) in [5.74, 6) is -0.664. The summed E-state index contributed by atoms with van der Waals surface area (Å²) in [7, 11) is -3.92. The van der Waals surface area contributed by atoms with E-state index < -0.39 is 26.6 Å². The molecule has 11 nitrogen and oxygen atoms in total. The highest BCUT2D eigenvalue weighted by molar-refractivity contribution is 7.92. The molecule has 1 fully saturated rings. The van der Waals surface area contributed by atoms with Crippen molar-refractivity contribution in [1.82, 2.24) is 24.4 Å². The lowest BCUT2D eigenvalue weighted by Gasteiger charge is -2.40. The summed E-state index contributed by atoms with van der Waals surface area (Å²) in [5.41, 5.74) is 5.47. The molecule has 230 valence electrons. The van der Waals surface area contributed by atoms with Crippen LogP contribution >= 0.6 is 11.6 Å². The third-order valence-corrected chi connectivity index (χ3v) is 10.2. The van der Waals surface area contributed by atoms with Gasteiger partial charge in [-0.3, -0.25) is 9.78 Å². The molecule has 44 heavy (non-hydrogen) atoms. The number of benzene rings is 1. The molecule has 0 bridgehead atoms. The zero-order valence-electron chi connectivity index (χ0n) is 24.6. The topological polar surface area (TPSA) is 144 Å². The molecular weight excluding hydrogens is 609 g/mol. The molecule has 1 aromatic carbocycles. The van der Waals surface area contributed by atoms with Crippen molar-refractivity contribution >= 4 is 49.9 Å². The van der Waals surface area contributed by atoms with Crippen molar-refractivity contribution in [3.8, 4) is 16.9 Å². The van der Waals surface area contributed by atoms with E-state index in [9.17, 15) is 18.0 Å². The van der Waals surface area contributed by atoms with E-state index in [2.05, 4.69) is 16.5 Å². The number of carbonyl (C=O) groups is 1. The molecule has 4 aromatic rings. The number of amides is 1. The van der Waals surface area contributed by atoms with Crippen molar-refractivity contribution in [1.29, 1.82) is 0 Å². The maximum atomic E-state index is 15.1. The molecule has 1 aliphatic heterocycles. The van der Waals surface area contributed by atoms with Crippen molar-refractivity contribution in [3.05, 3.63) is 76.2 Å². The average Bonchev–Trinajstić information content (AvgIpc) is 2.97. The molecule has 1 atom stereocenters. The number of anilines is 2. The lowest BCUT2D eigenvalue weighted by Crippen LogP contribution is -2.54. The predicted octanol–water partition coefficient (Wildman–Crippen LogP) is 3.93. The van der Waals surface area contributed by atoms with Gasteiger partial charge < -0.3 is 15.5 Å². The Morgan fingerprint density at radius 3 is 2.59 bits per heavy atom. The van der Waals surface area contributed by atoms with Gasteiger partial charge in [-0.25, -0.2) is 27.2 Å². The van der Waals surface area contributed by atoms with Crippen LogP contribution in [0.25, 0.3) is 28.0 Å². The minimum absolute atomic E-state index is 0.0184. The van der Waals surface area contributed by atoms with Crippen molar-refractivity contribution in [2.24, 2.45) is 0 Å². The Balaban J connectivity index is 1.87. The number of sulfone groups is 1. The standard InChI is InChI=1S/C30H31ClFN7O4S/c1-6-24(40)37-12-13-38(17(4)15-37)28-19-14-20(31)26(25-21(32)8-7-9-22(25)33)35-29(19)39(30(41)36-28)27-18(5)34-11-10-23(27)44(42,43)16(2)3/h6-11,14,16-17H,1,12-13,15,33H2,2-5H3/t17-/m0/s1. The third-order valence-electron chi connectivity index (χ3n) is 7.69. The van der Waals surface area contributed by atoms with Gasteiger partial charge in [0.2, 0.25) is 5.91 Å². The summed E-state index contributed by atoms with van der Waals surface area (Å²) >= 11 is 6.74. The van der Waals surface area contributed by atoms with Crippen LogP contribution in [0.4, 0.5) is 15.9 Å². The van der Waals surface area contributed by atoms with E-state index in [-0.39, 0.29) is 61.7 Å². The average molecular weight is 640 g/mol. The van der Waals surface area contributed by atoms with E-state index in [1.54, 1.807) is 11.8 Å². The number of rotatable bonds is 6. The van der Waals surface area contributed by atoms with E-state index in [0.29, 0.717) is 25.0 Å². The van der Waals surface area contributed by atoms with Gasteiger partial charge in [-0.2, -0.15) is 4.98 Å². The van der Waals surface area contributed by atoms with Crippen LogP contribution in [0.15, 0.2) is 58.9 Å². The maximum Gasteiger partial charge on any atom is 0.355 e. The molecular formula is C30H31ClFN7O4S. The molecule has 0 spiro atoms. The van der Waals surface area contributed by atoms with E-state index >= 15 is 4.39 Å². The first-order valence-electron chi connectivity index (χ1n) is 13.8. The highest BCUT2D eigenvalue weighted by Crippen LogP contribution is 2.38. The van der Waals surface area contributed by atoms with E-state index in [0.717, 1.165) is 4.57 Å². The fourth-order valence-electron chi connectivity index (χ4n) is 5.38. The van der Waals surface area contributed by atoms with Gasteiger partial charge in [0.05, 0.1) is 43.2 Å². The zero-order valence-corrected chi connectivity index (χ0v) is 26.2. The van der Waals surface area contributed by atoms with E-state index in [4.69, 9.17) is 22.3 Å². The molecule has 0 aliphatic carbocycles. The number of aryl methyl sites for hydroxylation is 1. The van der Waals surface area contributed by atoms with E-state index in [1.165, 1.54) is 56.5 Å². The second kappa shape index (κ2) is 11.6.